The smallest absolute Gasteiger partial charge is 0.309 e. The summed E-state index contributed by atoms with van der Waals surface area (Å²) in [4.78, 5) is 36.3. The van der Waals surface area contributed by atoms with E-state index in [4.69, 9.17) is 23.7 Å². The normalized spacial score (nSPS) is 29.7. The Morgan fingerprint density at radius 2 is 1.69 bits per heavy atom. The molecule has 1 fully saturated rings. The molecule has 0 N–H and O–H groups in total. The summed E-state index contributed by atoms with van der Waals surface area (Å²) in [5.74, 6) is -1.13. The van der Waals surface area contributed by atoms with Crippen LogP contribution in [-0.4, -0.2) is 49.1 Å². The van der Waals surface area contributed by atoms with E-state index in [0.717, 1.165) is 18.4 Å². The first-order valence-corrected chi connectivity index (χ1v) is 11.4. The molecule has 3 rings (SSSR count). The molecule has 0 unspecified atom stereocenters. The summed E-state index contributed by atoms with van der Waals surface area (Å²) in [6.45, 7) is 9.71. The highest BCUT2D eigenvalue weighted by molar-refractivity contribution is 5.71. The molecule has 0 saturated carbocycles. The summed E-state index contributed by atoms with van der Waals surface area (Å²) in [6, 6.07) is 0. The van der Waals surface area contributed by atoms with Crippen molar-refractivity contribution in [3.05, 3.63) is 23.5 Å². The first-order chi connectivity index (χ1) is 15.2. The molecule has 8 nitrogen and oxygen atoms in total. The monoisotopic (exact) mass is 450 g/mol. The molecule has 0 aromatic heterocycles. The summed E-state index contributed by atoms with van der Waals surface area (Å²) < 4.78 is 28.2. The van der Waals surface area contributed by atoms with E-state index in [1.54, 1.807) is 0 Å². The summed E-state index contributed by atoms with van der Waals surface area (Å²) in [5.41, 5.74) is 0.560. The van der Waals surface area contributed by atoms with E-state index in [1.165, 1.54) is 13.2 Å². The maximum atomic E-state index is 12.5. The zero-order chi connectivity index (χ0) is 23.5. The average molecular weight is 451 g/mol. The predicted molar refractivity (Wildman–Crippen MR) is 114 cm³/mol. The van der Waals surface area contributed by atoms with Crippen molar-refractivity contribution in [2.24, 2.45) is 17.8 Å². The van der Waals surface area contributed by atoms with Crippen LogP contribution in [0.4, 0.5) is 0 Å². The van der Waals surface area contributed by atoms with Crippen molar-refractivity contribution in [3.8, 4) is 0 Å². The Kier molecular flexibility index (Phi) is 7.64. The van der Waals surface area contributed by atoms with Crippen LogP contribution in [0.15, 0.2) is 23.5 Å². The van der Waals surface area contributed by atoms with E-state index >= 15 is 0 Å². The molecule has 1 spiro atoms. The highest BCUT2D eigenvalue weighted by Gasteiger charge is 2.67. The van der Waals surface area contributed by atoms with Gasteiger partial charge in [-0.15, -0.1) is 0 Å². The molecule has 6 atom stereocenters. The van der Waals surface area contributed by atoms with Crippen molar-refractivity contribution in [2.75, 3.05) is 13.2 Å². The first-order valence-electron chi connectivity index (χ1n) is 11.4. The summed E-state index contributed by atoms with van der Waals surface area (Å²) >= 11 is 0. The van der Waals surface area contributed by atoms with Gasteiger partial charge in [0.25, 0.3) is 6.29 Å². The molecular weight excluding hydrogens is 416 g/mol. The third-order valence-corrected chi connectivity index (χ3v) is 6.50. The molecule has 0 aromatic rings. The molecule has 2 aliphatic heterocycles. The van der Waals surface area contributed by atoms with E-state index in [1.807, 2.05) is 33.8 Å². The number of ether oxygens (including phenoxy) is 5. The molecule has 0 aromatic carbocycles. The van der Waals surface area contributed by atoms with Gasteiger partial charge in [-0.25, -0.2) is 0 Å². The lowest BCUT2D eigenvalue weighted by Crippen LogP contribution is -2.45. The summed E-state index contributed by atoms with van der Waals surface area (Å²) in [7, 11) is 0. The van der Waals surface area contributed by atoms with Crippen molar-refractivity contribution >= 4 is 17.9 Å². The number of hydrogen-bond acceptors (Lipinski definition) is 8. The molecule has 2 heterocycles. The molecule has 8 heteroatoms. The Bertz CT molecular complexity index is 794. The largest absolute Gasteiger partial charge is 0.461 e. The standard InChI is InChI=1S/C24H34O8/c1-6-14(3)8-20(26)31-19-10-18-17(11-28-16(5)25)12-29-23(22(18)24(19)13-30-24)32-21(27)9-15(4)7-2/h10,12,14-15,19,22-23H,6-9,11,13H2,1-5H3/t14-,15-,19+,22-,23+,24-/m1/s1. The van der Waals surface area contributed by atoms with Gasteiger partial charge in [0, 0.05) is 25.3 Å². The Labute approximate surface area is 189 Å². The van der Waals surface area contributed by atoms with Crippen LogP contribution in [0.25, 0.3) is 0 Å². The van der Waals surface area contributed by atoms with Gasteiger partial charge >= 0.3 is 17.9 Å². The fourth-order valence-electron chi connectivity index (χ4n) is 4.01. The summed E-state index contributed by atoms with van der Waals surface area (Å²) in [6.07, 6.45) is 4.08. The zero-order valence-electron chi connectivity index (χ0n) is 19.6. The van der Waals surface area contributed by atoms with Gasteiger partial charge in [-0.1, -0.05) is 40.5 Å². The van der Waals surface area contributed by atoms with Crippen LogP contribution in [0.1, 0.15) is 60.3 Å². The lowest BCUT2D eigenvalue weighted by atomic mass is 9.85. The quantitative estimate of drug-likeness (QED) is 0.283. The fraction of sp³-hybridized carbons (Fsp3) is 0.708. The van der Waals surface area contributed by atoms with Crippen molar-refractivity contribution in [1.29, 1.82) is 0 Å². The highest BCUT2D eigenvalue weighted by Crippen LogP contribution is 2.54. The van der Waals surface area contributed by atoms with Crippen LogP contribution in [-0.2, 0) is 38.1 Å². The van der Waals surface area contributed by atoms with Crippen molar-refractivity contribution in [3.63, 3.8) is 0 Å². The summed E-state index contributed by atoms with van der Waals surface area (Å²) in [5, 5.41) is 0. The van der Waals surface area contributed by atoms with Crippen LogP contribution < -0.4 is 0 Å². The lowest BCUT2D eigenvalue weighted by molar-refractivity contribution is -0.186. The SMILES string of the molecule is CC[C@@H](C)CC(=O)O[C@@H]1OC=C(COC(C)=O)C2=C[C@H](OC(=O)C[C@H](C)CC)[C@]3(CO3)[C@H]21. The second kappa shape index (κ2) is 10.1. The van der Waals surface area contributed by atoms with Crippen LogP contribution >= 0.6 is 0 Å². The molecular formula is C24H34O8. The molecule has 32 heavy (non-hydrogen) atoms. The second-order valence-electron chi connectivity index (χ2n) is 9.11. The van der Waals surface area contributed by atoms with Crippen LogP contribution in [0, 0.1) is 17.8 Å². The van der Waals surface area contributed by atoms with Gasteiger partial charge in [0.15, 0.2) is 6.10 Å². The Morgan fingerprint density at radius 1 is 1.09 bits per heavy atom. The van der Waals surface area contributed by atoms with Crippen molar-refractivity contribution in [2.45, 2.75) is 78.3 Å². The average Bonchev–Trinajstić information content (AvgIpc) is 3.46. The highest BCUT2D eigenvalue weighted by atomic mass is 16.7. The Hall–Kier alpha value is -2.35. The van der Waals surface area contributed by atoms with Gasteiger partial charge in [-0.3, -0.25) is 14.4 Å². The van der Waals surface area contributed by atoms with Gasteiger partial charge < -0.3 is 23.7 Å². The van der Waals surface area contributed by atoms with Gasteiger partial charge in [0.2, 0.25) is 0 Å². The number of hydrogen-bond donors (Lipinski definition) is 0. The number of rotatable bonds is 10. The van der Waals surface area contributed by atoms with E-state index < -0.39 is 29.9 Å². The van der Waals surface area contributed by atoms with E-state index in [-0.39, 0.29) is 36.8 Å². The Morgan fingerprint density at radius 3 is 2.22 bits per heavy atom. The van der Waals surface area contributed by atoms with Crippen molar-refractivity contribution < 1.29 is 38.1 Å². The molecule has 178 valence electrons. The van der Waals surface area contributed by atoms with Crippen LogP contribution in [0.2, 0.25) is 0 Å². The van der Waals surface area contributed by atoms with E-state index in [2.05, 4.69) is 0 Å². The van der Waals surface area contributed by atoms with Gasteiger partial charge in [0.05, 0.1) is 18.8 Å². The molecule has 0 radical (unpaired) electrons. The third-order valence-electron chi connectivity index (χ3n) is 6.50. The predicted octanol–water partition coefficient (Wildman–Crippen LogP) is 3.44. The van der Waals surface area contributed by atoms with Gasteiger partial charge in [-0.2, -0.15) is 0 Å². The maximum absolute atomic E-state index is 12.5. The fourth-order valence-corrected chi connectivity index (χ4v) is 4.01. The first kappa shape index (κ1) is 24.3. The number of carbonyl (C=O) groups excluding carboxylic acids is 3. The van der Waals surface area contributed by atoms with Crippen LogP contribution in [0.5, 0.6) is 0 Å². The van der Waals surface area contributed by atoms with Crippen molar-refractivity contribution in [1.82, 2.24) is 0 Å². The van der Waals surface area contributed by atoms with E-state index in [9.17, 15) is 14.4 Å². The number of fused-ring (bicyclic) bond motifs is 2. The number of carbonyl (C=O) groups is 3. The zero-order valence-corrected chi connectivity index (χ0v) is 19.6. The minimum atomic E-state index is -0.903. The minimum absolute atomic E-state index is 0.00875. The molecule has 0 amide bonds. The Balaban J connectivity index is 1.80. The lowest BCUT2D eigenvalue weighted by Gasteiger charge is -2.33. The number of esters is 3. The molecule has 0 bridgehead atoms. The van der Waals surface area contributed by atoms with Crippen LogP contribution in [0.3, 0.4) is 0 Å². The number of epoxide rings is 1. The topological polar surface area (TPSA) is 101 Å². The minimum Gasteiger partial charge on any atom is -0.461 e. The van der Waals surface area contributed by atoms with Gasteiger partial charge in [-0.05, 0) is 23.5 Å². The van der Waals surface area contributed by atoms with E-state index in [0.29, 0.717) is 18.6 Å². The third kappa shape index (κ3) is 5.34. The van der Waals surface area contributed by atoms with Gasteiger partial charge in [0.1, 0.15) is 12.2 Å². The maximum Gasteiger partial charge on any atom is 0.309 e. The second-order valence-corrected chi connectivity index (χ2v) is 9.11. The molecule has 1 saturated heterocycles. The molecule has 3 aliphatic rings. The molecule has 1 aliphatic carbocycles.